The maximum atomic E-state index is 12.1. The van der Waals surface area contributed by atoms with Crippen LogP contribution in [0.15, 0.2) is 48.8 Å². The Morgan fingerprint density at radius 2 is 2.00 bits per heavy atom. The van der Waals surface area contributed by atoms with Gasteiger partial charge < -0.3 is 15.5 Å². The number of benzene rings is 1. The van der Waals surface area contributed by atoms with Crippen molar-refractivity contribution in [1.82, 2.24) is 15.2 Å². The fourth-order valence-corrected chi connectivity index (χ4v) is 2.27. The molecule has 8 heteroatoms. The molecule has 0 aliphatic rings. The highest BCUT2D eigenvalue weighted by molar-refractivity contribution is 5.91. The number of nitrogens with zero attached hydrogens (tertiary/aromatic N) is 3. The number of nitrogens with one attached hydrogen (secondary N) is 2. The van der Waals surface area contributed by atoms with E-state index >= 15 is 0 Å². The predicted molar refractivity (Wildman–Crippen MR) is 90.8 cm³/mol. The molecule has 1 atom stereocenters. The molecule has 0 aliphatic heterocycles. The van der Waals surface area contributed by atoms with Gasteiger partial charge in [0.25, 0.3) is 0 Å². The number of aromatic nitrogens is 1. The number of likely N-dealkylation sites (N-methyl/N-ethyl adjacent to an activating group) is 1. The number of anilines is 1. The molecule has 2 amide bonds. The van der Waals surface area contributed by atoms with E-state index in [1.807, 2.05) is 49.3 Å². The van der Waals surface area contributed by atoms with Gasteiger partial charge in [-0.15, -0.1) is 0 Å². The zero-order valence-electron chi connectivity index (χ0n) is 13.5. The average molecular weight is 329 g/mol. The van der Waals surface area contributed by atoms with Crippen molar-refractivity contribution in [1.29, 1.82) is 0 Å². The summed E-state index contributed by atoms with van der Waals surface area (Å²) in [4.78, 5) is 28.1. The van der Waals surface area contributed by atoms with Crippen molar-refractivity contribution < 1.29 is 9.72 Å². The van der Waals surface area contributed by atoms with Crippen molar-refractivity contribution >= 4 is 17.4 Å². The molecular formula is C16H19N5O3. The van der Waals surface area contributed by atoms with Crippen molar-refractivity contribution in [3.8, 4) is 0 Å². The number of rotatable bonds is 6. The van der Waals surface area contributed by atoms with Gasteiger partial charge in [-0.3, -0.25) is 15.1 Å². The van der Waals surface area contributed by atoms with E-state index < -0.39 is 11.0 Å². The van der Waals surface area contributed by atoms with Gasteiger partial charge in [-0.05, 0) is 25.7 Å². The van der Waals surface area contributed by atoms with Crippen LogP contribution in [0.2, 0.25) is 0 Å². The van der Waals surface area contributed by atoms with Crippen LogP contribution in [0.1, 0.15) is 11.6 Å². The molecule has 1 aromatic heterocycles. The highest BCUT2D eigenvalue weighted by Gasteiger charge is 2.18. The number of carbonyl (C=O) groups excluding carboxylic acids is 1. The smallest absolute Gasteiger partial charge is 0.319 e. The summed E-state index contributed by atoms with van der Waals surface area (Å²) < 4.78 is 0. The van der Waals surface area contributed by atoms with Crippen LogP contribution < -0.4 is 10.6 Å². The summed E-state index contributed by atoms with van der Waals surface area (Å²) in [7, 11) is 3.84. The average Bonchev–Trinajstić information content (AvgIpc) is 2.56. The molecule has 2 rings (SSSR count). The fourth-order valence-electron chi connectivity index (χ4n) is 2.27. The van der Waals surface area contributed by atoms with E-state index in [2.05, 4.69) is 15.6 Å². The van der Waals surface area contributed by atoms with Crippen molar-refractivity contribution in [3.05, 3.63) is 64.5 Å². The number of carbonyl (C=O) groups is 1. The topological polar surface area (TPSA) is 100 Å². The number of nitro groups is 1. The van der Waals surface area contributed by atoms with Gasteiger partial charge in [0, 0.05) is 12.7 Å². The zero-order chi connectivity index (χ0) is 17.5. The largest absolute Gasteiger partial charge is 0.336 e. The summed E-state index contributed by atoms with van der Waals surface area (Å²) in [5.41, 5.74) is 0.922. The molecule has 24 heavy (non-hydrogen) atoms. The van der Waals surface area contributed by atoms with Gasteiger partial charge in [0.1, 0.15) is 11.9 Å². The van der Waals surface area contributed by atoms with Crippen molar-refractivity contribution in [2.45, 2.75) is 6.04 Å². The van der Waals surface area contributed by atoms with Crippen molar-refractivity contribution in [2.75, 3.05) is 26.0 Å². The second-order valence-electron chi connectivity index (χ2n) is 5.38. The molecule has 0 aliphatic carbocycles. The highest BCUT2D eigenvalue weighted by Crippen LogP contribution is 2.22. The summed E-state index contributed by atoms with van der Waals surface area (Å²) >= 11 is 0. The molecule has 0 unspecified atom stereocenters. The van der Waals surface area contributed by atoms with Crippen LogP contribution in [0.25, 0.3) is 0 Å². The Labute approximate surface area is 139 Å². The molecule has 1 heterocycles. The van der Waals surface area contributed by atoms with Crippen LogP contribution >= 0.6 is 0 Å². The van der Waals surface area contributed by atoms with E-state index in [4.69, 9.17) is 0 Å². The minimum absolute atomic E-state index is 0.00984. The Hall–Kier alpha value is -3.00. The zero-order valence-corrected chi connectivity index (χ0v) is 13.5. The van der Waals surface area contributed by atoms with E-state index in [1.165, 1.54) is 12.3 Å². The first-order chi connectivity index (χ1) is 11.5. The van der Waals surface area contributed by atoms with Crippen molar-refractivity contribution in [2.24, 2.45) is 0 Å². The quantitative estimate of drug-likeness (QED) is 0.626. The molecule has 8 nitrogen and oxygen atoms in total. The van der Waals surface area contributed by atoms with E-state index in [9.17, 15) is 14.9 Å². The van der Waals surface area contributed by atoms with Gasteiger partial charge in [-0.1, -0.05) is 30.3 Å². The number of urea groups is 1. The third-order valence-electron chi connectivity index (χ3n) is 3.51. The third kappa shape index (κ3) is 4.50. The van der Waals surface area contributed by atoms with E-state index in [0.29, 0.717) is 6.54 Å². The van der Waals surface area contributed by atoms with Crippen LogP contribution in [0.4, 0.5) is 16.2 Å². The van der Waals surface area contributed by atoms with Crippen LogP contribution in [0.3, 0.4) is 0 Å². The van der Waals surface area contributed by atoms with Gasteiger partial charge in [0.15, 0.2) is 0 Å². The molecule has 1 aromatic carbocycles. The van der Waals surface area contributed by atoms with E-state index in [1.54, 1.807) is 0 Å². The molecule has 0 radical (unpaired) electrons. The van der Waals surface area contributed by atoms with Gasteiger partial charge in [0.05, 0.1) is 11.0 Å². The van der Waals surface area contributed by atoms with E-state index in [-0.39, 0.29) is 17.4 Å². The van der Waals surface area contributed by atoms with Crippen molar-refractivity contribution in [3.63, 3.8) is 0 Å². The summed E-state index contributed by atoms with van der Waals surface area (Å²) in [6, 6.07) is 10.6. The third-order valence-corrected chi connectivity index (χ3v) is 3.51. The lowest BCUT2D eigenvalue weighted by atomic mass is 10.1. The second-order valence-corrected chi connectivity index (χ2v) is 5.38. The first kappa shape index (κ1) is 17.4. The highest BCUT2D eigenvalue weighted by atomic mass is 16.6. The molecule has 2 aromatic rings. The summed E-state index contributed by atoms with van der Waals surface area (Å²) in [5, 5.41) is 16.2. The SMILES string of the molecule is CN(C)[C@H](CNC(=O)Nc1ccncc1[N+](=O)[O-])c1ccccc1. The number of hydrogen-bond donors (Lipinski definition) is 2. The molecule has 0 bridgehead atoms. The molecular weight excluding hydrogens is 310 g/mol. The molecule has 126 valence electrons. The maximum Gasteiger partial charge on any atom is 0.319 e. The van der Waals surface area contributed by atoms with Gasteiger partial charge in [-0.25, -0.2) is 4.79 Å². The first-order valence-corrected chi connectivity index (χ1v) is 7.33. The van der Waals surface area contributed by atoms with Crippen LogP contribution in [-0.4, -0.2) is 41.5 Å². The predicted octanol–water partition coefficient (Wildman–Crippen LogP) is 2.41. The van der Waals surface area contributed by atoms with Crippen LogP contribution in [0, 0.1) is 10.1 Å². The molecule has 0 saturated heterocycles. The summed E-state index contributed by atoms with van der Waals surface area (Å²) in [6.07, 6.45) is 2.48. The monoisotopic (exact) mass is 329 g/mol. The minimum Gasteiger partial charge on any atom is -0.336 e. The lowest BCUT2D eigenvalue weighted by Crippen LogP contribution is -2.37. The number of amides is 2. The Bertz CT molecular complexity index is 706. The van der Waals surface area contributed by atoms with Gasteiger partial charge in [0.2, 0.25) is 0 Å². The maximum absolute atomic E-state index is 12.1. The number of pyridine rings is 1. The summed E-state index contributed by atoms with van der Waals surface area (Å²) in [5.74, 6) is 0. The second kappa shape index (κ2) is 8.02. The fraction of sp³-hybridized carbons (Fsp3) is 0.250. The van der Waals surface area contributed by atoms with Gasteiger partial charge in [-0.2, -0.15) is 0 Å². The van der Waals surface area contributed by atoms with Crippen LogP contribution in [0.5, 0.6) is 0 Å². The molecule has 0 spiro atoms. The Morgan fingerprint density at radius 1 is 1.29 bits per heavy atom. The summed E-state index contributed by atoms with van der Waals surface area (Å²) in [6.45, 7) is 0.363. The Morgan fingerprint density at radius 3 is 2.62 bits per heavy atom. The molecule has 0 fully saturated rings. The Kier molecular flexibility index (Phi) is 5.80. The minimum atomic E-state index is -0.588. The Balaban J connectivity index is 2.01. The lowest BCUT2D eigenvalue weighted by molar-refractivity contribution is -0.384. The number of hydrogen-bond acceptors (Lipinski definition) is 5. The lowest BCUT2D eigenvalue weighted by Gasteiger charge is -2.25. The first-order valence-electron chi connectivity index (χ1n) is 7.33. The molecule has 2 N–H and O–H groups in total. The van der Waals surface area contributed by atoms with Crippen LogP contribution in [-0.2, 0) is 0 Å². The standard InChI is InChI=1S/C16H19N5O3/c1-20(2)14(12-6-4-3-5-7-12)11-18-16(22)19-13-8-9-17-10-15(13)21(23)24/h3-10,14H,11H2,1-2H3,(H2,17,18,19,22)/t14-/m1/s1. The van der Waals surface area contributed by atoms with E-state index in [0.717, 1.165) is 11.8 Å². The normalized spacial score (nSPS) is 11.8. The molecule has 0 saturated carbocycles. The van der Waals surface area contributed by atoms with Gasteiger partial charge >= 0.3 is 11.7 Å².